The van der Waals surface area contributed by atoms with E-state index in [1.165, 1.54) is 25.2 Å². The second-order valence-electron chi connectivity index (χ2n) is 5.90. The van der Waals surface area contributed by atoms with Gasteiger partial charge in [-0.1, -0.05) is 35.4 Å². The van der Waals surface area contributed by atoms with Crippen LogP contribution in [-0.4, -0.2) is 21.4 Å². The number of hydrogen-bond donors (Lipinski definition) is 2. The van der Waals surface area contributed by atoms with E-state index in [0.29, 0.717) is 0 Å². The summed E-state index contributed by atoms with van der Waals surface area (Å²) < 4.78 is 26.1. The van der Waals surface area contributed by atoms with E-state index >= 15 is 0 Å². The van der Waals surface area contributed by atoms with Crippen LogP contribution in [-0.2, 0) is 10.0 Å². The van der Waals surface area contributed by atoms with E-state index in [9.17, 15) is 13.2 Å². The molecule has 2 aromatic rings. The maximum absolute atomic E-state index is 12.6. The Bertz CT molecular complexity index is 911. The van der Waals surface area contributed by atoms with Crippen molar-refractivity contribution in [1.29, 1.82) is 0 Å². The number of aryl methyl sites for hydroxylation is 2. The lowest BCUT2D eigenvalue weighted by Gasteiger charge is -2.18. The summed E-state index contributed by atoms with van der Waals surface area (Å²) >= 11 is 6.09. The molecule has 1 unspecified atom stereocenters. The molecule has 5 nitrogen and oxygen atoms in total. The topological polar surface area (TPSA) is 75.3 Å². The predicted molar refractivity (Wildman–Crippen MR) is 99.5 cm³/mol. The van der Waals surface area contributed by atoms with E-state index < -0.39 is 15.9 Å². The largest absolute Gasteiger partial charge is 0.345 e. The van der Waals surface area contributed by atoms with Crippen LogP contribution in [0.3, 0.4) is 0 Å². The van der Waals surface area contributed by atoms with Crippen molar-refractivity contribution < 1.29 is 13.2 Å². The lowest BCUT2D eigenvalue weighted by molar-refractivity contribution is 0.0939. The molecule has 134 valence electrons. The number of benzene rings is 2. The number of carbonyl (C=O) groups excluding carboxylic acids is 1. The van der Waals surface area contributed by atoms with Gasteiger partial charge < -0.3 is 5.32 Å². The van der Waals surface area contributed by atoms with E-state index in [1.807, 2.05) is 39.0 Å². The average molecular weight is 381 g/mol. The number of nitrogens with one attached hydrogen (secondary N) is 2. The Hall–Kier alpha value is -1.89. The van der Waals surface area contributed by atoms with Crippen molar-refractivity contribution in [2.75, 3.05) is 7.05 Å². The number of amides is 1. The van der Waals surface area contributed by atoms with Gasteiger partial charge in [0.15, 0.2) is 0 Å². The third-order valence-corrected chi connectivity index (χ3v) is 5.75. The molecule has 1 amide bonds. The molecule has 0 bridgehead atoms. The van der Waals surface area contributed by atoms with E-state index in [2.05, 4.69) is 10.0 Å². The average Bonchev–Trinajstić information content (AvgIpc) is 2.57. The number of halogens is 1. The number of carbonyl (C=O) groups is 1. The maximum Gasteiger partial charge on any atom is 0.253 e. The highest BCUT2D eigenvalue weighted by Crippen LogP contribution is 2.23. The van der Waals surface area contributed by atoms with Crippen LogP contribution in [0.25, 0.3) is 0 Å². The van der Waals surface area contributed by atoms with Gasteiger partial charge in [-0.2, -0.15) is 0 Å². The predicted octanol–water partition coefficient (Wildman–Crippen LogP) is 3.36. The summed E-state index contributed by atoms with van der Waals surface area (Å²) in [6, 6.07) is 9.83. The molecule has 0 aliphatic rings. The summed E-state index contributed by atoms with van der Waals surface area (Å²) in [7, 11) is -2.34. The zero-order chi connectivity index (χ0) is 18.8. The SMILES string of the molecule is CNS(=O)(=O)c1ccc(Cl)c(C(=O)NC(C)c2cc(C)ccc2C)c1. The van der Waals surface area contributed by atoms with Crippen molar-refractivity contribution in [2.24, 2.45) is 0 Å². The van der Waals surface area contributed by atoms with Gasteiger partial charge in [0, 0.05) is 0 Å². The van der Waals surface area contributed by atoms with E-state index in [-0.39, 0.29) is 21.5 Å². The molecule has 0 heterocycles. The molecule has 0 fully saturated rings. The van der Waals surface area contributed by atoms with Crippen LogP contribution in [0.1, 0.15) is 40.0 Å². The third kappa shape index (κ3) is 4.39. The highest BCUT2D eigenvalue weighted by atomic mass is 35.5. The Morgan fingerprint density at radius 2 is 1.80 bits per heavy atom. The number of rotatable bonds is 5. The normalized spacial score (nSPS) is 12.7. The summed E-state index contributed by atoms with van der Waals surface area (Å²) in [5.41, 5.74) is 3.29. The van der Waals surface area contributed by atoms with Gasteiger partial charge in [0.2, 0.25) is 10.0 Å². The standard InChI is InChI=1S/C18H21ClN2O3S/c1-11-5-6-12(2)15(9-11)13(3)21-18(22)16-10-14(7-8-17(16)19)25(23,24)20-4/h5-10,13,20H,1-4H3,(H,21,22). The Morgan fingerprint density at radius 3 is 2.44 bits per heavy atom. The first-order valence-corrected chi connectivity index (χ1v) is 9.63. The second-order valence-corrected chi connectivity index (χ2v) is 8.20. The maximum atomic E-state index is 12.6. The monoisotopic (exact) mass is 380 g/mol. The lowest BCUT2D eigenvalue weighted by atomic mass is 10.00. The Morgan fingerprint density at radius 1 is 1.12 bits per heavy atom. The molecule has 0 radical (unpaired) electrons. The molecule has 1 atom stereocenters. The molecule has 0 spiro atoms. The zero-order valence-corrected chi connectivity index (χ0v) is 16.1. The molecule has 0 saturated carbocycles. The first-order chi connectivity index (χ1) is 11.7. The first-order valence-electron chi connectivity index (χ1n) is 7.77. The van der Waals surface area contributed by atoms with Crippen molar-refractivity contribution in [1.82, 2.24) is 10.0 Å². The molecule has 25 heavy (non-hydrogen) atoms. The van der Waals surface area contributed by atoms with Crippen LogP contribution in [0.4, 0.5) is 0 Å². The van der Waals surface area contributed by atoms with Crippen LogP contribution < -0.4 is 10.0 Å². The quantitative estimate of drug-likeness (QED) is 0.835. The van der Waals surface area contributed by atoms with Crippen LogP contribution in [0.15, 0.2) is 41.3 Å². The minimum Gasteiger partial charge on any atom is -0.345 e. The Balaban J connectivity index is 2.32. The highest BCUT2D eigenvalue weighted by Gasteiger charge is 2.19. The molecule has 0 aliphatic heterocycles. The summed E-state index contributed by atoms with van der Waals surface area (Å²) in [6.45, 7) is 5.84. The van der Waals surface area contributed by atoms with Crippen LogP contribution in [0, 0.1) is 13.8 Å². The molecule has 2 rings (SSSR count). The Kier molecular flexibility index (Phi) is 5.87. The van der Waals surface area contributed by atoms with E-state index in [0.717, 1.165) is 16.7 Å². The molecular formula is C18H21ClN2O3S. The Labute approximate surface area is 153 Å². The first kappa shape index (κ1) is 19.4. The summed E-state index contributed by atoms with van der Waals surface area (Å²) in [6.07, 6.45) is 0. The van der Waals surface area contributed by atoms with Gasteiger partial charge in [-0.05, 0) is 57.1 Å². The summed E-state index contributed by atoms with van der Waals surface area (Å²) in [5.74, 6) is -0.424. The summed E-state index contributed by atoms with van der Waals surface area (Å²) in [5, 5.41) is 3.07. The molecule has 0 aliphatic carbocycles. The van der Waals surface area contributed by atoms with E-state index in [4.69, 9.17) is 11.6 Å². The van der Waals surface area contributed by atoms with Crippen molar-refractivity contribution >= 4 is 27.5 Å². The van der Waals surface area contributed by atoms with Crippen molar-refractivity contribution in [3.63, 3.8) is 0 Å². The highest BCUT2D eigenvalue weighted by molar-refractivity contribution is 7.89. The van der Waals surface area contributed by atoms with Crippen LogP contribution in [0.5, 0.6) is 0 Å². The molecular weight excluding hydrogens is 360 g/mol. The van der Waals surface area contributed by atoms with Crippen molar-refractivity contribution in [3.8, 4) is 0 Å². The third-order valence-electron chi connectivity index (χ3n) is 4.01. The second kappa shape index (κ2) is 7.56. The van der Waals surface area contributed by atoms with Crippen LogP contribution >= 0.6 is 11.6 Å². The van der Waals surface area contributed by atoms with Gasteiger partial charge in [0.25, 0.3) is 5.91 Å². The number of sulfonamides is 1. The molecule has 2 aromatic carbocycles. The fraction of sp³-hybridized carbons (Fsp3) is 0.278. The van der Waals surface area contributed by atoms with Gasteiger partial charge in [0.05, 0.1) is 21.5 Å². The lowest BCUT2D eigenvalue weighted by Crippen LogP contribution is -2.28. The van der Waals surface area contributed by atoms with E-state index in [1.54, 1.807) is 0 Å². The molecule has 0 saturated heterocycles. The van der Waals surface area contributed by atoms with Gasteiger partial charge in [-0.3, -0.25) is 4.79 Å². The minimum absolute atomic E-state index is 0.0102. The van der Waals surface area contributed by atoms with Gasteiger partial charge in [-0.15, -0.1) is 0 Å². The molecule has 7 heteroatoms. The number of hydrogen-bond acceptors (Lipinski definition) is 3. The fourth-order valence-electron chi connectivity index (χ4n) is 2.54. The van der Waals surface area contributed by atoms with Gasteiger partial charge >= 0.3 is 0 Å². The molecule has 0 aromatic heterocycles. The molecule has 2 N–H and O–H groups in total. The van der Waals surface area contributed by atoms with Crippen molar-refractivity contribution in [3.05, 3.63) is 63.7 Å². The van der Waals surface area contributed by atoms with Gasteiger partial charge in [-0.25, -0.2) is 13.1 Å². The van der Waals surface area contributed by atoms with Gasteiger partial charge in [0.1, 0.15) is 0 Å². The fourth-order valence-corrected chi connectivity index (χ4v) is 3.50. The van der Waals surface area contributed by atoms with Crippen molar-refractivity contribution in [2.45, 2.75) is 31.7 Å². The zero-order valence-electron chi connectivity index (χ0n) is 14.6. The van der Waals surface area contributed by atoms with Crippen LogP contribution in [0.2, 0.25) is 5.02 Å². The smallest absolute Gasteiger partial charge is 0.253 e. The minimum atomic E-state index is -3.65. The summed E-state index contributed by atoms with van der Waals surface area (Å²) in [4.78, 5) is 12.6.